The summed E-state index contributed by atoms with van der Waals surface area (Å²) in [6, 6.07) is 15.7. The number of fused-ring (bicyclic) bond motifs is 1. The first-order valence-electron chi connectivity index (χ1n) is 11.3. The van der Waals surface area contributed by atoms with Crippen molar-refractivity contribution in [1.82, 2.24) is 15.0 Å². The van der Waals surface area contributed by atoms with Gasteiger partial charge in [-0.25, -0.2) is 4.98 Å². The van der Waals surface area contributed by atoms with Crippen molar-refractivity contribution in [2.24, 2.45) is 0 Å². The molecule has 1 aliphatic heterocycles. The second-order valence-corrected chi connectivity index (χ2v) is 8.52. The molecule has 0 aliphatic carbocycles. The van der Waals surface area contributed by atoms with E-state index in [1.165, 1.54) is 0 Å². The summed E-state index contributed by atoms with van der Waals surface area (Å²) in [5.74, 6) is 1.54. The van der Waals surface area contributed by atoms with Crippen LogP contribution in [0.1, 0.15) is 19.4 Å². The smallest absolute Gasteiger partial charge is 0.147 e. The van der Waals surface area contributed by atoms with Crippen LogP contribution in [-0.4, -0.2) is 47.4 Å². The van der Waals surface area contributed by atoms with Crippen LogP contribution in [0.15, 0.2) is 61.1 Å². The van der Waals surface area contributed by atoms with Gasteiger partial charge in [-0.3, -0.25) is 9.97 Å². The zero-order valence-corrected chi connectivity index (χ0v) is 19.4. The summed E-state index contributed by atoms with van der Waals surface area (Å²) in [4.78, 5) is 16.4. The summed E-state index contributed by atoms with van der Waals surface area (Å²) in [5, 5.41) is 9.99. The Kier molecular flexibility index (Phi) is 5.83. The van der Waals surface area contributed by atoms with Crippen LogP contribution in [0.4, 0.5) is 5.82 Å². The number of aromatic nitrogens is 3. The standard InChI is InChI=1S/C27H25N5O2/c1-17-15-32(16-18(2)34-17)25-14-29-24(13-30-25)23-12-31-26-21(5-4-6-22(26)27(23)33-3)20-9-7-19(11-28)8-10-20/h4-10,12-14,17-18H,15-16H2,1-3H3/t17-,18+. The maximum atomic E-state index is 9.09. The van der Waals surface area contributed by atoms with E-state index in [2.05, 4.69) is 29.8 Å². The minimum absolute atomic E-state index is 0.153. The van der Waals surface area contributed by atoms with Gasteiger partial charge in [0.25, 0.3) is 0 Å². The predicted octanol–water partition coefficient (Wildman–Crippen LogP) is 4.85. The highest BCUT2D eigenvalue weighted by molar-refractivity contribution is 6.00. The average Bonchev–Trinajstić information content (AvgIpc) is 2.87. The van der Waals surface area contributed by atoms with Gasteiger partial charge in [-0.15, -0.1) is 0 Å². The number of nitriles is 1. The fraction of sp³-hybridized carbons (Fsp3) is 0.259. The molecule has 7 nitrogen and oxygen atoms in total. The third-order valence-corrected chi connectivity index (χ3v) is 6.03. The molecule has 1 saturated heterocycles. The molecule has 5 rings (SSSR count). The van der Waals surface area contributed by atoms with Gasteiger partial charge in [-0.1, -0.05) is 24.3 Å². The largest absolute Gasteiger partial charge is 0.495 e. The molecule has 2 aromatic carbocycles. The van der Waals surface area contributed by atoms with Gasteiger partial charge in [-0.05, 0) is 37.6 Å². The molecule has 0 spiro atoms. The lowest BCUT2D eigenvalue weighted by Gasteiger charge is -2.35. The SMILES string of the molecule is COc1c(-c2cnc(N3C[C@@H](C)O[C@@H](C)C3)cn2)cnc2c(-c3ccc(C#N)cc3)cccc12. The second-order valence-electron chi connectivity index (χ2n) is 8.52. The van der Waals surface area contributed by atoms with Crippen LogP contribution >= 0.6 is 0 Å². The Bertz CT molecular complexity index is 1350. The summed E-state index contributed by atoms with van der Waals surface area (Å²) in [7, 11) is 1.66. The zero-order valence-electron chi connectivity index (χ0n) is 19.4. The van der Waals surface area contributed by atoms with Crippen LogP contribution in [0.25, 0.3) is 33.3 Å². The van der Waals surface area contributed by atoms with Crippen molar-refractivity contribution in [1.29, 1.82) is 5.26 Å². The molecule has 0 saturated carbocycles. The second kappa shape index (κ2) is 9.08. The van der Waals surface area contributed by atoms with Gasteiger partial charge >= 0.3 is 0 Å². The van der Waals surface area contributed by atoms with Crippen LogP contribution in [0.2, 0.25) is 0 Å². The van der Waals surface area contributed by atoms with Crippen molar-refractivity contribution in [3.63, 3.8) is 0 Å². The molecule has 4 aromatic rings. The van der Waals surface area contributed by atoms with Crippen LogP contribution in [0, 0.1) is 11.3 Å². The number of benzene rings is 2. The van der Waals surface area contributed by atoms with Gasteiger partial charge in [0.2, 0.25) is 0 Å². The lowest BCUT2D eigenvalue weighted by molar-refractivity contribution is -0.00547. The predicted molar refractivity (Wildman–Crippen MR) is 132 cm³/mol. The van der Waals surface area contributed by atoms with E-state index in [4.69, 9.17) is 24.7 Å². The molecule has 2 atom stereocenters. The van der Waals surface area contributed by atoms with Gasteiger partial charge < -0.3 is 14.4 Å². The maximum absolute atomic E-state index is 9.09. The maximum Gasteiger partial charge on any atom is 0.147 e. The summed E-state index contributed by atoms with van der Waals surface area (Å²) in [6.07, 6.45) is 5.67. The van der Waals surface area contributed by atoms with Gasteiger partial charge in [0, 0.05) is 30.2 Å². The number of hydrogen-bond acceptors (Lipinski definition) is 7. The Labute approximate surface area is 198 Å². The number of nitrogens with zero attached hydrogens (tertiary/aromatic N) is 5. The molecular formula is C27H25N5O2. The fourth-order valence-electron chi connectivity index (χ4n) is 4.55. The Morgan fingerprint density at radius 3 is 2.35 bits per heavy atom. The van der Waals surface area contributed by atoms with Crippen molar-refractivity contribution in [2.75, 3.05) is 25.1 Å². The third-order valence-electron chi connectivity index (χ3n) is 6.03. The van der Waals surface area contributed by atoms with Gasteiger partial charge in [0.1, 0.15) is 11.6 Å². The van der Waals surface area contributed by atoms with Gasteiger partial charge in [0.15, 0.2) is 0 Å². The van der Waals surface area contributed by atoms with Crippen LogP contribution in [0.5, 0.6) is 5.75 Å². The monoisotopic (exact) mass is 451 g/mol. The first-order valence-corrected chi connectivity index (χ1v) is 11.3. The van der Waals surface area contributed by atoms with E-state index in [1.54, 1.807) is 25.7 Å². The molecule has 7 heteroatoms. The quantitative estimate of drug-likeness (QED) is 0.438. The molecule has 1 fully saturated rings. The molecular weight excluding hydrogens is 426 g/mol. The molecule has 170 valence electrons. The van der Waals surface area contributed by atoms with Gasteiger partial charge in [-0.2, -0.15) is 5.26 Å². The third kappa shape index (κ3) is 4.04. The Balaban J connectivity index is 1.52. The van der Waals surface area contributed by atoms with Crippen LogP contribution in [0.3, 0.4) is 0 Å². The van der Waals surface area contributed by atoms with Crippen LogP contribution < -0.4 is 9.64 Å². The van der Waals surface area contributed by atoms with Gasteiger partial charge in [0.05, 0.1) is 60.1 Å². The number of morpholine rings is 1. The Morgan fingerprint density at radius 2 is 1.71 bits per heavy atom. The number of hydrogen-bond donors (Lipinski definition) is 0. The normalized spacial score (nSPS) is 18.0. The van der Waals surface area contributed by atoms with Crippen molar-refractivity contribution in [3.8, 4) is 34.2 Å². The molecule has 1 aliphatic rings. The molecule has 34 heavy (non-hydrogen) atoms. The lowest BCUT2D eigenvalue weighted by Crippen LogP contribution is -2.45. The van der Waals surface area contributed by atoms with E-state index >= 15 is 0 Å². The molecule has 2 aromatic heterocycles. The molecule has 3 heterocycles. The fourth-order valence-corrected chi connectivity index (χ4v) is 4.55. The van der Waals surface area contributed by atoms with Crippen molar-refractivity contribution in [3.05, 3.63) is 66.6 Å². The van der Waals surface area contributed by atoms with Crippen molar-refractivity contribution >= 4 is 16.7 Å². The number of anilines is 1. The highest BCUT2D eigenvalue weighted by atomic mass is 16.5. The van der Waals surface area contributed by atoms with E-state index in [0.717, 1.165) is 46.5 Å². The van der Waals surface area contributed by atoms with Crippen molar-refractivity contribution < 1.29 is 9.47 Å². The molecule has 0 unspecified atom stereocenters. The van der Waals surface area contributed by atoms with E-state index in [9.17, 15) is 0 Å². The Hall–Kier alpha value is -4.02. The number of para-hydroxylation sites is 1. The lowest BCUT2D eigenvalue weighted by atomic mass is 9.99. The Morgan fingerprint density at radius 1 is 0.941 bits per heavy atom. The molecule has 0 bridgehead atoms. The summed E-state index contributed by atoms with van der Waals surface area (Å²) < 4.78 is 11.7. The van der Waals surface area contributed by atoms with Crippen molar-refractivity contribution in [2.45, 2.75) is 26.1 Å². The van der Waals surface area contributed by atoms with Crippen LogP contribution in [-0.2, 0) is 4.74 Å². The first-order chi connectivity index (χ1) is 16.6. The van der Waals surface area contributed by atoms with E-state index < -0.39 is 0 Å². The first kappa shape index (κ1) is 21.8. The zero-order chi connectivity index (χ0) is 23.7. The van der Waals surface area contributed by atoms with E-state index in [-0.39, 0.29) is 12.2 Å². The van der Waals surface area contributed by atoms with E-state index in [1.807, 2.05) is 42.5 Å². The minimum atomic E-state index is 0.153. The summed E-state index contributed by atoms with van der Waals surface area (Å²) >= 11 is 0. The molecule has 0 N–H and O–H groups in total. The molecule has 0 radical (unpaired) electrons. The number of ether oxygens (including phenoxy) is 2. The van der Waals surface area contributed by atoms with E-state index in [0.29, 0.717) is 17.0 Å². The highest BCUT2D eigenvalue weighted by Crippen LogP contribution is 2.38. The molecule has 0 amide bonds. The summed E-state index contributed by atoms with van der Waals surface area (Å²) in [6.45, 7) is 5.72. The number of pyridine rings is 1. The minimum Gasteiger partial charge on any atom is -0.495 e. The highest BCUT2D eigenvalue weighted by Gasteiger charge is 2.24. The average molecular weight is 452 g/mol. The number of methoxy groups -OCH3 is 1. The summed E-state index contributed by atoms with van der Waals surface area (Å²) in [5.41, 5.74) is 4.91. The topological polar surface area (TPSA) is 84.2 Å². The number of rotatable bonds is 4.